The molecule has 0 amide bonds. The zero-order valence-electron chi connectivity index (χ0n) is 11.9. The van der Waals surface area contributed by atoms with Gasteiger partial charge in [0, 0.05) is 15.8 Å². The first kappa shape index (κ1) is 14.0. The van der Waals surface area contributed by atoms with Gasteiger partial charge in [-0.3, -0.25) is 0 Å². The lowest BCUT2D eigenvalue weighted by molar-refractivity contribution is 0.174. The molecule has 1 aromatic carbocycles. The van der Waals surface area contributed by atoms with E-state index in [0.717, 1.165) is 27.6 Å². The number of nitrogens with zero attached hydrogens (tertiary/aromatic N) is 2. The van der Waals surface area contributed by atoms with Crippen molar-refractivity contribution in [3.63, 3.8) is 0 Å². The number of fused-ring (bicyclic) bond motifs is 1. The Balaban J connectivity index is 1.68. The molecule has 4 nitrogen and oxygen atoms in total. The molecule has 2 aromatic heterocycles. The number of allylic oxidation sites excluding steroid dienone is 1. The van der Waals surface area contributed by atoms with Gasteiger partial charge in [0.05, 0.1) is 11.3 Å². The van der Waals surface area contributed by atoms with E-state index in [9.17, 15) is 5.26 Å². The van der Waals surface area contributed by atoms with Gasteiger partial charge in [-0.25, -0.2) is 4.98 Å². The minimum Gasteiger partial charge on any atom is -0.454 e. The van der Waals surface area contributed by atoms with E-state index >= 15 is 0 Å². The van der Waals surface area contributed by atoms with Crippen LogP contribution in [-0.2, 0) is 0 Å². The normalized spacial score (nSPS) is 13.1. The van der Waals surface area contributed by atoms with Gasteiger partial charge in [0.2, 0.25) is 6.79 Å². The van der Waals surface area contributed by atoms with Crippen LogP contribution in [0.5, 0.6) is 11.5 Å². The maximum atomic E-state index is 9.40. The van der Waals surface area contributed by atoms with Crippen LogP contribution in [0.4, 0.5) is 0 Å². The molecule has 0 fully saturated rings. The molecule has 4 rings (SSSR count). The average Bonchev–Trinajstić information content (AvgIpc) is 3.31. The first-order chi connectivity index (χ1) is 11.3. The lowest BCUT2D eigenvalue weighted by atomic mass is 10.1. The fourth-order valence-corrected chi connectivity index (χ4v) is 3.70. The number of hydrogen-bond acceptors (Lipinski definition) is 6. The molecular formula is C17H10N2O2S2. The van der Waals surface area contributed by atoms with E-state index in [4.69, 9.17) is 9.47 Å². The van der Waals surface area contributed by atoms with Gasteiger partial charge in [-0.2, -0.15) is 5.26 Å². The zero-order chi connectivity index (χ0) is 15.6. The second kappa shape index (κ2) is 5.88. The van der Waals surface area contributed by atoms with Crippen LogP contribution in [0, 0.1) is 11.3 Å². The van der Waals surface area contributed by atoms with Crippen LogP contribution in [0.2, 0.25) is 0 Å². The van der Waals surface area contributed by atoms with Crippen molar-refractivity contribution in [2.45, 2.75) is 0 Å². The number of thiophene rings is 1. The van der Waals surface area contributed by atoms with Crippen molar-refractivity contribution in [2.75, 3.05) is 6.79 Å². The molecule has 3 aromatic rings. The fraction of sp³-hybridized carbons (Fsp3) is 0.0588. The predicted octanol–water partition coefficient (Wildman–Crippen LogP) is 4.66. The molecule has 112 valence electrons. The minimum absolute atomic E-state index is 0.253. The van der Waals surface area contributed by atoms with Crippen LogP contribution in [-0.4, -0.2) is 11.8 Å². The third kappa shape index (κ3) is 2.72. The Hall–Kier alpha value is -2.62. The van der Waals surface area contributed by atoms with Gasteiger partial charge in [-0.05, 0) is 35.7 Å². The third-order valence-corrected chi connectivity index (χ3v) is 5.05. The predicted molar refractivity (Wildman–Crippen MR) is 91.5 cm³/mol. The van der Waals surface area contributed by atoms with Crippen LogP contribution in [0.25, 0.3) is 22.9 Å². The van der Waals surface area contributed by atoms with Crippen LogP contribution >= 0.6 is 22.7 Å². The van der Waals surface area contributed by atoms with Gasteiger partial charge in [0.25, 0.3) is 0 Å². The summed E-state index contributed by atoms with van der Waals surface area (Å²) >= 11 is 3.06. The summed E-state index contributed by atoms with van der Waals surface area (Å²) in [6, 6.07) is 11.9. The Labute approximate surface area is 140 Å². The van der Waals surface area contributed by atoms with Crippen molar-refractivity contribution < 1.29 is 9.47 Å². The standard InChI is InChI=1S/C17H10N2O2S2/c18-8-12(6-13-2-1-5-22-13)17-19-14(9-23-17)11-3-4-15-16(7-11)21-10-20-15/h1-7,9H,10H2/b12-6-. The molecule has 0 spiro atoms. The van der Waals surface area contributed by atoms with Gasteiger partial charge >= 0.3 is 0 Å². The first-order valence-corrected chi connectivity index (χ1v) is 8.60. The molecule has 0 bridgehead atoms. The van der Waals surface area contributed by atoms with E-state index in [1.54, 1.807) is 11.3 Å². The molecule has 0 saturated heterocycles. The smallest absolute Gasteiger partial charge is 0.231 e. The van der Waals surface area contributed by atoms with Crippen LogP contribution in [0.1, 0.15) is 9.88 Å². The maximum absolute atomic E-state index is 9.40. The monoisotopic (exact) mass is 338 g/mol. The first-order valence-electron chi connectivity index (χ1n) is 6.85. The Morgan fingerprint density at radius 2 is 2.13 bits per heavy atom. The topological polar surface area (TPSA) is 55.1 Å². The van der Waals surface area contributed by atoms with E-state index in [-0.39, 0.29) is 6.79 Å². The van der Waals surface area contributed by atoms with Gasteiger partial charge in [-0.1, -0.05) is 6.07 Å². The van der Waals surface area contributed by atoms with E-state index in [1.807, 2.05) is 47.2 Å². The number of rotatable bonds is 3. The quantitative estimate of drug-likeness (QED) is 0.652. The number of thiazole rings is 1. The molecule has 0 radical (unpaired) electrons. The average molecular weight is 338 g/mol. The van der Waals surface area contributed by atoms with Crippen molar-refractivity contribution in [1.82, 2.24) is 4.98 Å². The number of ether oxygens (including phenoxy) is 2. The second-order valence-corrected chi connectivity index (χ2v) is 6.63. The van der Waals surface area contributed by atoms with Crippen molar-refractivity contribution in [3.8, 4) is 28.8 Å². The third-order valence-electron chi connectivity index (χ3n) is 3.35. The summed E-state index contributed by atoms with van der Waals surface area (Å²) in [7, 11) is 0. The summed E-state index contributed by atoms with van der Waals surface area (Å²) in [4.78, 5) is 5.64. The maximum Gasteiger partial charge on any atom is 0.231 e. The van der Waals surface area contributed by atoms with Crippen molar-refractivity contribution >= 4 is 34.3 Å². The second-order valence-electron chi connectivity index (χ2n) is 4.79. The number of benzene rings is 1. The highest BCUT2D eigenvalue weighted by Gasteiger charge is 2.15. The summed E-state index contributed by atoms with van der Waals surface area (Å²) in [6.07, 6.45) is 1.87. The number of hydrogen-bond donors (Lipinski definition) is 0. The minimum atomic E-state index is 0.253. The molecule has 0 unspecified atom stereocenters. The summed E-state index contributed by atoms with van der Waals surface area (Å²) in [5.74, 6) is 1.48. The molecule has 0 aliphatic carbocycles. The highest BCUT2D eigenvalue weighted by Crippen LogP contribution is 2.36. The van der Waals surface area contributed by atoms with Gasteiger partial charge in [0.1, 0.15) is 11.1 Å². The molecule has 0 atom stereocenters. The Morgan fingerprint density at radius 3 is 2.96 bits per heavy atom. The SMILES string of the molecule is N#C/C(=C/c1cccs1)c1nc(-c2ccc3c(c2)OCO3)cs1. The highest BCUT2D eigenvalue weighted by molar-refractivity contribution is 7.12. The van der Waals surface area contributed by atoms with E-state index in [1.165, 1.54) is 11.3 Å². The molecule has 1 aliphatic rings. The summed E-state index contributed by atoms with van der Waals surface area (Å²) < 4.78 is 10.7. The molecule has 6 heteroatoms. The molecule has 3 heterocycles. The van der Waals surface area contributed by atoms with Gasteiger partial charge < -0.3 is 9.47 Å². The van der Waals surface area contributed by atoms with Crippen molar-refractivity contribution in [1.29, 1.82) is 5.26 Å². The Kier molecular flexibility index (Phi) is 3.58. The van der Waals surface area contributed by atoms with E-state index in [0.29, 0.717) is 10.6 Å². The molecular weight excluding hydrogens is 328 g/mol. The fourth-order valence-electron chi connectivity index (χ4n) is 2.24. The van der Waals surface area contributed by atoms with Crippen LogP contribution < -0.4 is 9.47 Å². The molecule has 1 aliphatic heterocycles. The summed E-state index contributed by atoms with van der Waals surface area (Å²) in [5.41, 5.74) is 2.35. The van der Waals surface area contributed by atoms with Gasteiger partial charge in [-0.15, -0.1) is 22.7 Å². The largest absolute Gasteiger partial charge is 0.454 e. The molecule has 0 saturated carbocycles. The highest BCUT2D eigenvalue weighted by atomic mass is 32.1. The van der Waals surface area contributed by atoms with E-state index in [2.05, 4.69) is 11.1 Å². The van der Waals surface area contributed by atoms with Crippen LogP contribution in [0.3, 0.4) is 0 Å². The molecule has 23 heavy (non-hydrogen) atoms. The Morgan fingerprint density at radius 1 is 1.22 bits per heavy atom. The van der Waals surface area contributed by atoms with E-state index < -0.39 is 0 Å². The summed E-state index contributed by atoms with van der Waals surface area (Å²) in [5, 5.41) is 14.1. The molecule has 0 N–H and O–H groups in total. The lowest BCUT2D eigenvalue weighted by Gasteiger charge is -1.99. The van der Waals surface area contributed by atoms with Crippen LogP contribution in [0.15, 0.2) is 41.1 Å². The summed E-state index contributed by atoms with van der Waals surface area (Å²) in [6.45, 7) is 0.253. The number of aromatic nitrogens is 1. The Bertz CT molecular complexity index is 920. The van der Waals surface area contributed by atoms with Crippen molar-refractivity contribution in [3.05, 3.63) is 51.0 Å². The van der Waals surface area contributed by atoms with Crippen molar-refractivity contribution in [2.24, 2.45) is 0 Å². The van der Waals surface area contributed by atoms with Gasteiger partial charge in [0.15, 0.2) is 11.5 Å². The number of nitriles is 1. The zero-order valence-corrected chi connectivity index (χ0v) is 13.5. The lowest BCUT2D eigenvalue weighted by Crippen LogP contribution is -1.92.